The minimum Gasteiger partial charge on any atom is -0.507 e. The molecule has 0 radical (unpaired) electrons. The van der Waals surface area contributed by atoms with Gasteiger partial charge >= 0.3 is 0 Å². The molecule has 2 aliphatic heterocycles. The van der Waals surface area contributed by atoms with E-state index in [1.54, 1.807) is 24.1 Å². The van der Waals surface area contributed by atoms with Crippen molar-refractivity contribution < 1.29 is 29.0 Å². The predicted molar refractivity (Wildman–Crippen MR) is 140 cm³/mol. The summed E-state index contributed by atoms with van der Waals surface area (Å²) >= 11 is 0. The molecule has 3 heterocycles. The van der Waals surface area contributed by atoms with E-state index < -0.39 is 17.6 Å². The van der Waals surface area contributed by atoms with Crippen LogP contribution in [-0.2, 0) is 19.6 Å². The molecule has 0 bridgehead atoms. The SMILES string of the molecule is CN(Cc1ccco1)C(=O)c1cc(C(=O)N2Cc3ccc(OCCN4CCCCC4)cc3C2)c(O)cc1O. The maximum atomic E-state index is 13.4. The van der Waals surface area contributed by atoms with Crippen molar-refractivity contribution in [2.75, 3.05) is 33.3 Å². The number of phenols is 2. The number of furan rings is 1. The highest BCUT2D eigenvalue weighted by atomic mass is 16.5. The van der Waals surface area contributed by atoms with E-state index in [0.29, 0.717) is 25.5 Å². The predicted octanol–water partition coefficient (Wildman–Crippen LogP) is 3.98. The Bertz CT molecular complexity index is 1300. The highest BCUT2D eigenvalue weighted by Crippen LogP contribution is 2.33. The Balaban J connectivity index is 1.24. The van der Waals surface area contributed by atoms with Gasteiger partial charge in [0.15, 0.2) is 0 Å². The molecule has 9 heteroatoms. The molecule has 5 rings (SSSR count). The van der Waals surface area contributed by atoms with Crippen LogP contribution in [0.15, 0.2) is 53.1 Å². The lowest BCUT2D eigenvalue weighted by molar-refractivity contribution is 0.0748. The maximum Gasteiger partial charge on any atom is 0.258 e. The standard InChI is InChI=1S/C29H33N3O6/c1-30(19-23-6-5-12-37-23)28(35)24-15-25(27(34)16-26(24)33)29(36)32-17-20-7-8-22(14-21(20)18-32)38-13-11-31-9-3-2-4-10-31/h5-8,12,14-16,33-34H,2-4,9-11,13,17-19H2,1H3. The first-order valence-corrected chi connectivity index (χ1v) is 13.0. The zero-order valence-corrected chi connectivity index (χ0v) is 21.6. The molecule has 0 saturated carbocycles. The lowest BCUT2D eigenvalue weighted by atomic mass is 10.1. The lowest BCUT2D eigenvalue weighted by Crippen LogP contribution is -2.33. The summed E-state index contributed by atoms with van der Waals surface area (Å²) in [6, 6.07) is 11.6. The summed E-state index contributed by atoms with van der Waals surface area (Å²) in [6.45, 7) is 4.71. The molecule has 0 unspecified atom stereocenters. The Labute approximate surface area is 221 Å². The molecule has 38 heavy (non-hydrogen) atoms. The average molecular weight is 520 g/mol. The van der Waals surface area contributed by atoms with Gasteiger partial charge in [0.1, 0.15) is 29.6 Å². The van der Waals surface area contributed by atoms with E-state index in [9.17, 15) is 19.8 Å². The maximum absolute atomic E-state index is 13.4. The fourth-order valence-corrected chi connectivity index (χ4v) is 5.08. The van der Waals surface area contributed by atoms with Crippen LogP contribution in [0.2, 0.25) is 0 Å². The Hall–Kier alpha value is -3.98. The van der Waals surface area contributed by atoms with Gasteiger partial charge in [-0.2, -0.15) is 0 Å². The van der Waals surface area contributed by atoms with Crippen molar-refractivity contribution in [2.45, 2.75) is 38.9 Å². The third kappa shape index (κ3) is 5.62. The van der Waals surface area contributed by atoms with Crippen molar-refractivity contribution in [2.24, 2.45) is 0 Å². The fraction of sp³-hybridized carbons (Fsp3) is 0.379. The number of ether oxygens (including phenoxy) is 1. The highest BCUT2D eigenvalue weighted by Gasteiger charge is 2.29. The molecule has 1 saturated heterocycles. The van der Waals surface area contributed by atoms with E-state index in [2.05, 4.69) is 4.90 Å². The van der Waals surface area contributed by atoms with Gasteiger partial charge in [0, 0.05) is 32.7 Å². The number of likely N-dealkylation sites (tertiary alicyclic amines) is 1. The van der Waals surface area contributed by atoms with E-state index in [1.807, 2.05) is 18.2 Å². The molecule has 200 valence electrons. The van der Waals surface area contributed by atoms with E-state index in [1.165, 1.54) is 36.5 Å². The Morgan fingerprint density at radius 2 is 1.74 bits per heavy atom. The molecule has 2 aliphatic rings. The summed E-state index contributed by atoms with van der Waals surface area (Å²) < 4.78 is 11.3. The van der Waals surface area contributed by atoms with Gasteiger partial charge in [0.2, 0.25) is 0 Å². The number of nitrogens with zero attached hydrogens (tertiary/aromatic N) is 3. The molecule has 0 spiro atoms. The molecule has 0 atom stereocenters. The molecular weight excluding hydrogens is 486 g/mol. The number of rotatable bonds is 8. The number of phenolic OH excluding ortho intramolecular Hbond substituents is 2. The Kier molecular flexibility index (Phi) is 7.55. The molecule has 0 aliphatic carbocycles. The van der Waals surface area contributed by atoms with Crippen molar-refractivity contribution >= 4 is 11.8 Å². The summed E-state index contributed by atoms with van der Waals surface area (Å²) in [5.74, 6) is -0.338. The second-order valence-electron chi connectivity index (χ2n) is 9.97. The molecule has 2 aromatic carbocycles. The van der Waals surface area contributed by atoms with Crippen molar-refractivity contribution in [3.63, 3.8) is 0 Å². The second kappa shape index (κ2) is 11.2. The summed E-state index contributed by atoms with van der Waals surface area (Å²) in [7, 11) is 1.57. The van der Waals surface area contributed by atoms with Crippen LogP contribution in [0, 0.1) is 0 Å². The van der Waals surface area contributed by atoms with Gasteiger partial charge in [-0.3, -0.25) is 14.5 Å². The van der Waals surface area contributed by atoms with Gasteiger partial charge in [-0.1, -0.05) is 12.5 Å². The number of fused-ring (bicyclic) bond motifs is 1. The quantitative estimate of drug-likeness (QED) is 0.464. The molecule has 1 aromatic heterocycles. The van der Waals surface area contributed by atoms with Gasteiger partial charge in [0.25, 0.3) is 11.8 Å². The van der Waals surface area contributed by atoms with E-state index in [0.717, 1.165) is 42.6 Å². The van der Waals surface area contributed by atoms with Gasteiger partial charge in [-0.05, 0) is 67.4 Å². The van der Waals surface area contributed by atoms with Gasteiger partial charge in [0.05, 0.1) is 23.9 Å². The van der Waals surface area contributed by atoms with Crippen LogP contribution in [0.1, 0.15) is 56.9 Å². The normalized spacial score (nSPS) is 15.3. The van der Waals surface area contributed by atoms with Crippen molar-refractivity contribution in [3.8, 4) is 17.2 Å². The van der Waals surface area contributed by atoms with E-state index >= 15 is 0 Å². The van der Waals surface area contributed by atoms with Crippen LogP contribution in [0.4, 0.5) is 0 Å². The third-order valence-corrected chi connectivity index (χ3v) is 7.21. The highest BCUT2D eigenvalue weighted by molar-refractivity contribution is 6.03. The zero-order valence-electron chi connectivity index (χ0n) is 21.6. The number of hydrogen-bond donors (Lipinski definition) is 2. The van der Waals surface area contributed by atoms with Gasteiger partial charge in [-0.15, -0.1) is 0 Å². The van der Waals surface area contributed by atoms with E-state index in [-0.39, 0.29) is 23.4 Å². The summed E-state index contributed by atoms with van der Waals surface area (Å²) in [5, 5.41) is 20.8. The van der Waals surface area contributed by atoms with E-state index in [4.69, 9.17) is 9.15 Å². The smallest absolute Gasteiger partial charge is 0.258 e. The number of amides is 2. The van der Waals surface area contributed by atoms with Crippen LogP contribution in [0.5, 0.6) is 17.2 Å². The molecular formula is C29H33N3O6. The van der Waals surface area contributed by atoms with Crippen molar-refractivity contribution in [1.82, 2.24) is 14.7 Å². The third-order valence-electron chi connectivity index (χ3n) is 7.21. The number of benzene rings is 2. The first-order valence-electron chi connectivity index (χ1n) is 13.0. The molecule has 3 aromatic rings. The Morgan fingerprint density at radius 1 is 0.974 bits per heavy atom. The Morgan fingerprint density at radius 3 is 2.50 bits per heavy atom. The second-order valence-corrected chi connectivity index (χ2v) is 9.97. The summed E-state index contributed by atoms with van der Waals surface area (Å²) in [6.07, 6.45) is 5.31. The fourth-order valence-electron chi connectivity index (χ4n) is 5.08. The number of carbonyl (C=O) groups is 2. The molecule has 2 N–H and O–H groups in total. The minimum absolute atomic E-state index is 0.0386. The monoisotopic (exact) mass is 519 g/mol. The van der Waals surface area contributed by atoms with Crippen molar-refractivity contribution in [1.29, 1.82) is 0 Å². The van der Waals surface area contributed by atoms with Gasteiger partial charge < -0.3 is 29.2 Å². The number of aromatic hydroxyl groups is 2. The van der Waals surface area contributed by atoms with Crippen LogP contribution in [0.3, 0.4) is 0 Å². The minimum atomic E-state index is -0.496. The number of hydrogen-bond acceptors (Lipinski definition) is 7. The summed E-state index contributed by atoms with van der Waals surface area (Å²) in [4.78, 5) is 31.8. The molecule has 2 amide bonds. The molecule has 9 nitrogen and oxygen atoms in total. The molecule has 1 fully saturated rings. The van der Waals surface area contributed by atoms with Crippen LogP contribution >= 0.6 is 0 Å². The lowest BCUT2D eigenvalue weighted by Gasteiger charge is -2.26. The van der Waals surface area contributed by atoms with Crippen LogP contribution < -0.4 is 4.74 Å². The first kappa shape index (κ1) is 25.7. The zero-order chi connectivity index (χ0) is 26.6. The topological polar surface area (TPSA) is 107 Å². The number of piperidine rings is 1. The largest absolute Gasteiger partial charge is 0.507 e. The van der Waals surface area contributed by atoms with Crippen LogP contribution in [0.25, 0.3) is 0 Å². The van der Waals surface area contributed by atoms with Crippen molar-refractivity contribution in [3.05, 3.63) is 76.7 Å². The van der Waals surface area contributed by atoms with Gasteiger partial charge in [-0.25, -0.2) is 0 Å². The number of carbonyl (C=O) groups excluding carboxylic acids is 2. The average Bonchev–Trinajstić information content (AvgIpc) is 3.58. The van der Waals surface area contributed by atoms with Crippen LogP contribution in [-0.4, -0.2) is 70.0 Å². The summed E-state index contributed by atoms with van der Waals surface area (Å²) in [5.41, 5.74) is 1.89. The first-order chi connectivity index (χ1) is 18.4.